The Bertz CT molecular complexity index is 915. The maximum Gasteiger partial charge on any atom is 0.422 e. The van der Waals surface area contributed by atoms with Crippen molar-refractivity contribution in [2.45, 2.75) is 17.8 Å². The highest BCUT2D eigenvalue weighted by molar-refractivity contribution is 7.99. The number of rotatable bonds is 8. The fourth-order valence-electron chi connectivity index (χ4n) is 2.41. The Balaban J connectivity index is 1.62. The van der Waals surface area contributed by atoms with E-state index in [1.165, 1.54) is 11.8 Å². The summed E-state index contributed by atoms with van der Waals surface area (Å²) in [5, 5.41) is 13.5. The van der Waals surface area contributed by atoms with E-state index in [-0.39, 0.29) is 6.54 Å². The van der Waals surface area contributed by atoms with E-state index in [9.17, 15) is 18.0 Å². The molecule has 1 amide bonds. The Hall–Kier alpha value is -2.53. The molecule has 3 aromatic rings. The second kappa shape index (κ2) is 9.79. The van der Waals surface area contributed by atoms with E-state index in [4.69, 9.17) is 0 Å². The van der Waals surface area contributed by atoms with Crippen LogP contribution in [0.5, 0.6) is 0 Å². The van der Waals surface area contributed by atoms with Gasteiger partial charge in [-0.1, -0.05) is 36.0 Å². The summed E-state index contributed by atoms with van der Waals surface area (Å²) in [6.07, 6.45) is -5.02. The average molecular weight is 442 g/mol. The number of alkyl carbamates (subject to hydrolysis) is 1. The summed E-state index contributed by atoms with van der Waals surface area (Å²) in [4.78, 5) is 12.4. The van der Waals surface area contributed by atoms with E-state index >= 15 is 0 Å². The predicted octanol–water partition coefficient (Wildman–Crippen LogP) is 4.30. The first-order valence-corrected chi connectivity index (χ1v) is 10.4. The number of thiophene rings is 1. The van der Waals surface area contributed by atoms with Crippen molar-refractivity contribution in [3.05, 3.63) is 58.5 Å². The van der Waals surface area contributed by atoms with Gasteiger partial charge < -0.3 is 10.1 Å². The van der Waals surface area contributed by atoms with Gasteiger partial charge in [0, 0.05) is 29.3 Å². The molecule has 0 saturated carbocycles. The van der Waals surface area contributed by atoms with Crippen molar-refractivity contribution >= 4 is 29.2 Å². The van der Waals surface area contributed by atoms with Crippen LogP contribution in [0, 0.1) is 0 Å². The molecule has 0 spiro atoms. The number of thioether (sulfide) groups is 1. The molecule has 2 aromatic heterocycles. The van der Waals surface area contributed by atoms with Gasteiger partial charge in [-0.2, -0.15) is 13.2 Å². The Morgan fingerprint density at radius 3 is 2.66 bits per heavy atom. The number of amides is 1. The Kier molecular flexibility index (Phi) is 7.15. The summed E-state index contributed by atoms with van der Waals surface area (Å²) in [6.45, 7) is -1.48. The van der Waals surface area contributed by atoms with Crippen molar-refractivity contribution in [3.8, 4) is 5.69 Å². The molecule has 29 heavy (non-hydrogen) atoms. The van der Waals surface area contributed by atoms with E-state index < -0.39 is 18.9 Å². The van der Waals surface area contributed by atoms with Crippen molar-refractivity contribution in [1.29, 1.82) is 0 Å². The number of benzene rings is 1. The number of nitrogens with one attached hydrogen (secondary N) is 1. The van der Waals surface area contributed by atoms with E-state index in [0.29, 0.717) is 17.3 Å². The average Bonchev–Trinajstić information content (AvgIpc) is 3.34. The molecular weight excluding hydrogens is 425 g/mol. The molecule has 6 nitrogen and oxygen atoms in total. The third kappa shape index (κ3) is 6.50. The van der Waals surface area contributed by atoms with Crippen LogP contribution in [0.1, 0.15) is 10.7 Å². The number of para-hydroxylation sites is 1. The largest absolute Gasteiger partial charge is 0.440 e. The number of hydrogen-bond donors (Lipinski definition) is 1. The van der Waals surface area contributed by atoms with Crippen molar-refractivity contribution in [2.75, 3.05) is 18.9 Å². The molecule has 0 aliphatic rings. The standard InChI is InChI=1S/C18H17F3N4O2S2/c19-18(20,21)12-27-17(26)22-8-10-29-16-24-23-15(11-14-7-4-9-28-14)25(16)13-5-2-1-3-6-13/h1-7,9H,8,10-12H2,(H,22,26). The minimum absolute atomic E-state index is 0.128. The molecule has 0 unspecified atom stereocenters. The molecule has 1 N–H and O–H groups in total. The molecule has 154 valence electrons. The predicted molar refractivity (Wildman–Crippen MR) is 105 cm³/mol. The van der Waals surface area contributed by atoms with Crippen LogP contribution in [0.4, 0.5) is 18.0 Å². The third-order valence-corrected chi connectivity index (χ3v) is 5.40. The van der Waals surface area contributed by atoms with Crippen LogP contribution in [0.2, 0.25) is 0 Å². The fourth-order valence-corrected chi connectivity index (χ4v) is 3.93. The highest BCUT2D eigenvalue weighted by Crippen LogP contribution is 2.24. The number of hydrogen-bond acceptors (Lipinski definition) is 6. The minimum atomic E-state index is -4.54. The monoisotopic (exact) mass is 442 g/mol. The molecule has 0 fully saturated rings. The molecule has 0 bridgehead atoms. The van der Waals surface area contributed by atoms with Crippen LogP contribution in [0.25, 0.3) is 5.69 Å². The first kappa shape index (κ1) is 21.2. The quantitative estimate of drug-likeness (QED) is 0.416. The van der Waals surface area contributed by atoms with Crippen LogP contribution >= 0.6 is 23.1 Å². The summed E-state index contributed by atoms with van der Waals surface area (Å²) >= 11 is 2.97. The maximum absolute atomic E-state index is 12.0. The van der Waals surface area contributed by atoms with Gasteiger partial charge >= 0.3 is 12.3 Å². The lowest BCUT2D eigenvalue weighted by molar-refractivity contribution is -0.160. The van der Waals surface area contributed by atoms with Crippen molar-refractivity contribution in [3.63, 3.8) is 0 Å². The van der Waals surface area contributed by atoms with Crippen molar-refractivity contribution < 1.29 is 22.7 Å². The smallest absolute Gasteiger partial charge is 0.422 e. The molecular formula is C18H17F3N4O2S2. The van der Waals surface area contributed by atoms with Gasteiger partial charge in [0.2, 0.25) is 0 Å². The number of alkyl halides is 3. The van der Waals surface area contributed by atoms with E-state index in [0.717, 1.165) is 16.4 Å². The molecule has 11 heteroatoms. The lowest BCUT2D eigenvalue weighted by Gasteiger charge is -2.10. The topological polar surface area (TPSA) is 69.0 Å². The number of halogens is 3. The fraction of sp³-hybridized carbons (Fsp3) is 0.278. The lowest BCUT2D eigenvalue weighted by Crippen LogP contribution is -2.30. The van der Waals surface area contributed by atoms with Crippen LogP contribution in [0.15, 0.2) is 53.0 Å². The summed E-state index contributed by atoms with van der Waals surface area (Å²) in [5.74, 6) is 1.17. The summed E-state index contributed by atoms with van der Waals surface area (Å²) in [7, 11) is 0. The van der Waals surface area contributed by atoms with Gasteiger partial charge in [-0.3, -0.25) is 4.57 Å². The molecule has 0 saturated heterocycles. The number of nitrogens with zero attached hydrogens (tertiary/aromatic N) is 3. The zero-order valence-electron chi connectivity index (χ0n) is 15.1. The minimum Gasteiger partial charge on any atom is -0.440 e. The van der Waals surface area contributed by atoms with Crippen molar-refractivity contribution in [2.24, 2.45) is 0 Å². The van der Waals surface area contributed by atoms with Crippen LogP contribution in [0.3, 0.4) is 0 Å². The number of ether oxygens (including phenoxy) is 1. The molecule has 0 aliphatic heterocycles. The van der Waals surface area contributed by atoms with Crippen molar-refractivity contribution in [1.82, 2.24) is 20.1 Å². The van der Waals surface area contributed by atoms with Gasteiger partial charge in [0.15, 0.2) is 11.8 Å². The van der Waals surface area contributed by atoms with Crippen LogP contribution in [-0.2, 0) is 11.2 Å². The normalized spacial score (nSPS) is 11.4. The SMILES string of the molecule is O=C(NCCSc1nnc(Cc2cccs2)n1-c1ccccc1)OCC(F)(F)F. The van der Waals surface area contributed by atoms with E-state index in [2.05, 4.69) is 20.3 Å². The number of carbonyl (C=O) groups excluding carboxylic acids is 1. The van der Waals surface area contributed by atoms with Gasteiger partial charge in [0.25, 0.3) is 0 Å². The van der Waals surface area contributed by atoms with Gasteiger partial charge in [0.1, 0.15) is 5.82 Å². The first-order valence-electron chi connectivity index (χ1n) is 8.54. The van der Waals surface area contributed by atoms with Crippen LogP contribution < -0.4 is 5.32 Å². The molecule has 0 aliphatic carbocycles. The van der Waals surface area contributed by atoms with Gasteiger partial charge in [-0.05, 0) is 23.6 Å². The molecule has 3 rings (SSSR count). The number of carbonyl (C=O) groups is 1. The molecule has 2 heterocycles. The second-order valence-electron chi connectivity index (χ2n) is 5.79. The molecule has 0 atom stereocenters. The summed E-state index contributed by atoms with van der Waals surface area (Å²) < 4.78 is 42.2. The summed E-state index contributed by atoms with van der Waals surface area (Å²) in [5.41, 5.74) is 0.907. The van der Waals surface area contributed by atoms with E-state index in [1.807, 2.05) is 52.4 Å². The van der Waals surface area contributed by atoms with Gasteiger partial charge in [-0.15, -0.1) is 21.5 Å². The molecule has 0 radical (unpaired) electrons. The van der Waals surface area contributed by atoms with Gasteiger partial charge in [0.05, 0.1) is 0 Å². The van der Waals surface area contributed by atoms with E-state index in [1.54, 1.807) is 11.3 Å². The second-order valence-corrected chi connectivity index (χ2v) is 7.89. The Morgan fingerprint density at radius 1 is 1.17 bits per heavy atom. The highest BCUT2D eigenvalue weighted by Gasteiger charge is 2.29. The Labute approximate surface area is 173 Å². The maximum atomic E-state index is 12.0. The van der Waals surface area contributed by atoms with Crippen LogP contribution in [-0.4, -0.2) is 45.9 Å². The van der Waals surface area contributed by atoms with Gasteiger partial charge in [-0.25, -0.2) is 4.79 Å². The Morgan fingerprint density at radius 2 is 1.97 bits per heavy atom. The lowest BCUT2D eigenvalue weighted by atomic mass is 10.3. The molecule has 1 aromatic carbocycles. The first-order chi connectivity index (χ1) is 13.9. The zero-order chi connectivity index (χ0) is 20.7. The third-order valence-electron chi connectivity index (χ3n) is 3.60. The highest BCUT2D eigenvalue weighted by atomic mass is 32.2. The summed E-state index contributed by atoms with van der Waals surface area (Å²) in [6, 6.07) is 13.6. The number of aromatic nitrogens is 3. The zero-order valence-corrected chi connectivity index (χ0v) is 16.7.